The number of fused-ring (bicyclic) bond motifs is 1. The topological polar surface area (TPSA) is 24.9 Å². The molecule has 3 rings (SSSR count). The van der Waals surface area contributed by atoms with E-state index in [4.69, 9.17) is 34.8 Å². The van der Waals surface area contributed by atoms with Crippen LogP contribution in [0.2, 0.25) is 15.1 Å². The summed E-state index contributed by atoms with van der Waals surface area (Å²) in [5, 5.41) is 6.10. The van der Waals surface area contributed by atoms with Crippen molar-refractivity contribution in [3.63, 3.8) is 0 Å². The highest BCUT2D eigenvalue weighted by molar-refractivity contribution is 6.42. The third kappa shape index (κ3) is 2.93. The Kier molecular flexibility index (Phi) is 4.20. The van der Waals surface area contributed by atoms with Gasteiger partial charge in [-0.1, -0.05) is 46.9 Å². The molecule has 0 bridgehead atoms. The normalized spacial score (nSPS) is 10.8. The molecule has 106 valence electrons. The van der Waals surface area contributed by atoms with Gasteiger partial charge < -0.3 is 5.32 Å². The third-order valence-corrected chi connectivity index (χ3v) is 4.38. The monoisotopic (exact) mass is 336 g/mol. The maximum absolute atomic E-state index is 6.20. The molecule has 5 heteroatoms. The molecule has 2 aromatic carbocycles. The number of halogens is 3. The second-order valence-corrected chi connectivity index (χ2v) is 5.75. The van der Waals surface area contributed by atoms with Crippen molar-refractivity contribution in [3.05, 3.63) is 69.3 Å². The van der Waals surface area contributed by atoms with E-state index in [1.54, 1.807) is 12.3 Å². The predicted octanol–water partition coefficient (Wildman–Crippen LogP) is 5.81. The largest absolute Gasteiger partial charge is 0.380 e. The van der Waals surface area contributed by atoms with E-state index in [1.807, 2.05) is 36.4 Å². The lowest BCUT2D eigenvalue weighted by Gasteiger charge is -2.11. The van der Waals surface area contributed by atoms with Crippen LogP contribution in [0, 0.1) is 0 Å². The molecule has 0 unspecified atom stereocenters. The Hall–Kier alpha value is -1.48. The first-order valence-electron chi connectivity index (χ1n) is 6.37. The lowest BCUT2D eigenvalue weighted by molar-refractivity contribution is 1.15. The zero-order valence-corrected chi connectivity index (χ0v) is 13.2. The molecule has 0 aliphatic heterocycles. The minimum absolute atomic E-state index is 0.554. The molecule has 0 aliphatic carbocycles. The molecule has 0 saturated carbocycles. The van der Waals surface area contributed by atoms with Crippen LogP contribution in [0.15, 0.2) is 48.7 Å². The van der Waals surface area contributed by atoms with E-state index >= 15 is 0 Å². The average Bonchev–Trinajstić information content (AvgIpc) is 2.51. The van der Waals surface area contributed by atoms with Crippen LogP contribution in [-0.4, -0.2) is 4.98 Å². The van der Waals surface area contributed by atoms with Crippen LogP contribution >= 0.6 is 34.8 Å². The summed E-state index contributed by atoms with van der Waals surface area (Å²) in [5.74, 6) is 0. The third-order valence-electron chi connectivity index (χ3n) is 3.22. The van der Waals surface area contributed by atoms with Gasteiger partial charge in [-0.15, -0.1) is 0 Å². The molecule has 1 N–H and O–H groups in total. The summed E-state index contributed by atoms with van der Waals surface area (Å²) in [6, 6.07) is 13.2. The molecule has 0 fully saturated rings. The van der Waals surface area contributed by atoms with Crippen LogP contribution in [-0.2, 0) is 6.54 Å². The molecule has 0 radical (unpaired) electrons. The van der Waals surface area contributed by atoms with E-state index in [-0.39, 0.29) is 0 Å². The van der Waals surface area contributed by atoms with Crippen LogP contribution < -0.4 is 5.32 Å². The van der Waals surface area contributed by atoms with Crippen molar-refractivity contribution in [2.75, 3.05) is 5.32 Å². The van der Waals surface area contributed by atoms with Gasteiger partial charge in [-0.05, 0) is 35.9 Å². The van der Waals surface area contributed by atoms with E-state index in [1.165, 1.54) is 0 Å². The summed E-state index contributed by atoms with van der Waals surface area (Å²) < 4.78 is 0. The van der Waals surface area contributed by atoms with Crippen LogP contribution in [0.3, 0.4) is 0 Å². The summed E-state index contributed by atoms with van der Waals surface area (Å²) in [6.07, 6.45) is 1.73. The van der Waals surface area contributed by atoms with Crippen molar-refractivity contribution < 1.29 is 0 Å². The zero-order valence-electron chi connectivity index (χ0n) is 10.9. The maximum Gasteiger partial charge on any atom is 0.0908 e. The highest BCUT2D eigenvalue weighted by Crippen LogP contribution is 2.30. The smallest absolute Gasteiger partial charge is 0.0908 e. The molecular weight excluding hydrogens is 327 g/mol. The minimum Gasteiger partial charge on any atom is -0.380 e. The van der Waals surface area contributed by atoms with E-state index in [9.17, 15) is 0 Å². The van der Waals surface area contributed by atoms with Crippen molar-refractivity contribution in [1.29, 1.82) is 0 Å². The van der Waals surface area contributed by atoms with Gasteiger partial charge in [0.05, 0.1) is 20.6 Å². The van der Waals surface area contributed by atoms with Crippen molar-refractivity contribution >= 4 is 51.4 Å². The Bertz CT molecular complexity index is 803. The van der Waals surface area contributed by atoms with Gasteiger partial charge in [0, 0.05) is 23.8 Å². The lowest BCUT2D eigenvalue weighted by atomic mass is 10.1. The highest BCUT2D eigenvalue weighted by Gasteiger charge is 2.07. The Morgan fingerprint density at radius 1 is 0.905 bits per heavy atom. The summed E-state index contributed by atoms with van der Waals surface area (Å²) >= 11 is 18.4. The highest BCUT2D eigenvalue weighted by atomic mass is 35.5. The Labute approximate surface area is 137 Å². The van der Waals surface area contributed by atoms with Crippen LogP contribution in [0.25, 0.3) is 10.9 Å². The molecule has 2 nitrogen and oxygen atoms in total. The Balaban J connectivity index is 1.92. The Morgan fingerprint density at radius 3 is 2.62 bits per heavy atom. The predicted molar refractivity (Wildman–Crippen MR) is 90.5 cm³/mol. The molecule has 0 spiro atoms. The minimum atomic E-state index is 0.554. The summed E-state index contributed by atoms with van der Waals surface area (Å²) in [6.45, 7) is 0.574. The fourth-order valence-corrected chi connectivity index (χ4v) is 2.77. The maximum atomic E-state index is 6.20. The van der Waals surface area contributed by atoms with Gasteiger partial charge in [0.2, 0.25) is 0 Å². The van der Waals surface area contributed by atoms with Gasteiger partial charge in [-0.2, -0.15) is 0 Å². The van der Waals surface area contributed by atoms with Gasteiger partial charge in [0.1, 0.15) is 0 Å². The number of nitrogens with one attached hydrogen (secondary N) is 1. The number of aromatic nitrogens is 1. The van der Waals surface area contributed by atoms with Gasteiger partial charge in [-0.3, -0.25) is 4.98 Å². The number of anilines is 1. The van der Waals surface area contributed by atoms with E-state index < -0.39 is 0 Å². The molecule has 0 saturated heterocycles. The first-order chi connectivity index (χ1) is 10.2. The zero-order chi connectivity index (χ0) is 14.8. The number of nitrogens with zero attached hydrogens (tertiary/aromatic N) is 1. The number of hydrogen-bond acceptors (Lipinski definition) is 2. The van der Waals surface area contributed by atoms with Gasteiger partial charge >= 0.3 is 0 Å². The van der Waals surface area contributed by atoms with E-state index in [0.29, 0.717) is 21.6 Å². The standard InChI is InChI=1S/C16H11Cl3N2/c17-12-5-1-3-10(15(12)19)9-21-14-7-6-13(18)16-11(14)4-2-8-20-16/h1-8,21H,9H2. The van der Waals surface area contributed by atoms with Gasteiger partial charge in [-0.25, -0.2) is 0 Å². The molecule has 0 atom stereocenters. The summed E-state index contributed by atoms with van der Waals surface area (Å²) in [4.78, 5) is 4.31. The fraction of sp³-hybridized carbons (Fsp3) is 0.0625. The number of benzene rings is 2. The number of pyridine rings is 1. The van der Waals surface area contributed by atoms with Crippen molar-refractivity contribution in [2.45, 2.75) is 6.54 Å². The number of rotatable bonds is 3. The van der Waals surface area contributed by atoms with Crippen LogP contribution in [0.5, 0.6) is 0 Å². The van der Waals surface area contributed by atoms with E-state index in [2.05, 4.69) is 10.3 Å². The average molecular weight is 338 g/mol. The van der Waals surface area contributed by atoms with Gasteiger partial charge in [0.25, 0.3) is 0 Å². The van der Waals surface area contributed by atoms with Crippen LogP contribution in [0.1, 0.15) is 5.56 Å². The summed E-state index contributed by atoms with van der Waals surface area (Å²) in [5.41, 5.74) is 2.68. The van der Waals surface area contributed by atoms with Crippen molar-refractivity contribution in [2.24, 2.45) is 0 Å². The molecule has 0 aliphatic rings. The molecule has 1 heterocycles. The molecule has 21 heavy (non-hydrogen) atoms. The number of hydrogen-bond donors (Lipinski definition) is 1. The molecule has 0 amide bonds. The van der Waals surface area contributed by atoms with Crippen LogP contribution in [0.4, 0.5) is 5.69 Å². The first-order valence-corrected chi connectivity index (χ1v) is 7.50. The van der Waals surface area contributed by atoms with Gasteiger partial charge in [0.15, 0.2) is 0 Å². The fourth-order valence-electron chi connectivity index (χ4n) is 2.17. The quantitative estimate of drug-likeness (QED) is 0.652. The summed E-state index contributed by atoms with van der Waals surface area (Å²) in [7, 11) is 0. The second kappa shape index (κ2) is 6.10. The Morgan fingerprint density at radius 2 is 1.76 bits per heavy atom. The second-order valence-electron chi connectivity index (χ2n) is 4.56. The molecule has 1 aromatic heterocycles. The lowest BCUT2D eigenvalue weighted by Crippen LogP contribution is -2.01. The molecular formula is C16H11Cl3N2. The molecule has 3 aromatic rings. The van der Waals surface area contributed by atoms with Crippen molar-refractivity contribution in [3.8, 4) is 0 Å². The van der Waals surface area contributed by atoms with Crippen molar-refractivity contribution in [1.82, 2.24) is 4.98 Å². The SMILES string of the molecule is Clc1cccc(CNc2ccc(Cl)c3ncccc23)c1Cl. The first kappa shape index (κ1) is 14.5. The van der Waals surface area contributed by atoms with E-state index in [0.717, 1.165) is 22.2 Å².